The molecule has 1 N–H and O–H groups in total. The van der Waals surface area contributed by atoms with Crippen molar-refractivity contribution in [2.75, 3.05) is 12.4 Å². The molecular formula is C14H10BrClFNO2. The molecular weight excluding hydrogens is 349 g/mol. The SMILES string of the molecule is COc1ccc(Br)c(NC(=O)c2ccc(Cl)cc2F)c1. The smallest absolute Gasteiger partial charge is 0.258 e. The van der Waals surface area contributed by atoms with Crippen molar-refractivity contribution in [1.29, 1.82) is 0 Å². The Morgan fingerprint density at radius 2 is 2.05 bits per heavy atom. The van der Waals surface area contributed by atoms with Gasteiger partial charge in [0.15, 0.2) is 0 Å². The lowest BCUT2D eigenvalue weighted by atomic mass is 10.2. The fourth-order valence-electron chi connectivity index (χ4n) is 1.59. The molecule has 20 heavy (non-hydrogen) atoms. The van der Waals surface area contributed by atoms with Crippen LogP contribution in [0.5, 0.6) is 5.75 Å². The molecule has 0 aliphatic carbocycles. The normalized spacial score (nSPS) is 10.2. The van der Waals surface area contributed by atoms with Crippen molar-refractivity contribution in [1.82, 2.24) is 0 Å². The molecule has 0 aliphatic rings. The van der Waals surface area contributed by atoms with Gasteiger partial charge in [-0.1, -0.05) is 11.6 Å². The minimum atomic E-state index is -0.672. The van der Waals surface area contributed by atoms with Gasteiger partial charge in [-0.3, -0.25) is 4.79 Å². The number of rotatable bonds is 3. The molecule has 0 heterocycles. The van der Waals surface area contributed by atoms with Crippen molar-refractivity contribution in [2.45, 2.75) is 0 Å². The highest BCUT2D eigenvalue weighted by Gasteiger charge is 2.14. The topological polar surface area (TPSA) is 38.3 Å². The van der Waals surface area contributed by atoms with Gasteiger partial charge in [-0.25, -0.2) is 4.39 Å². The van der Waals surface area contributed by atoms with Gasteiger partial charge in [0.05, 0.1) is 18.4 Å². The van der Waals surface area contributed by atoms with Crippen LogP contribution >= 0.6 is 27.5 Å². The van der Waals surface area contributed by atoms with E-state index < -0.39 is 11.7 Å². The second-order valence-corrected chi connectivity index (χ2v) is 5.21. The molecule has 0 unspecified atom stereocenters. The van der Waals surface area contributed by atoms with E-state index >= 15 is 0 Å². The third-order valence-corrected chi connectivity index (χ3v) is 3.52. The first-order valence-electron chi connectivity index (χ1n) is 5.61. The van der Waals surface area contributed by atoms with Crippen LogP contribution in [0.2, 0.25) is 5.02 Å². The molecule has 0 aromatic heterocycles. The van der Waals surface area contributed by atoms with Crippen LogP contribution in [0.25, 0.3) is 0 Å². The van der Waals surface area contributed by atoms with E-state index in [4.69, 9.17) is 16.3 Å². The van der Waals surface area contributed by atoms with Crippen LogP contribution in [0.15, 0.2) is 40.9 Å². The van der Waals surface area contributed by atoms with Gasteiger partial charge in [0.2, 0.25) is 0 Å². The van der Waals surface area contributed by atoms with Crippen LogP contribution in [-0.4, -0.2) is 13.0 Å². The number of anilines is 1. The Hall–Kier alpha value is -1.59. The van der Waals surface area contributed by atoms with Gasteiger partial charge in [-0.2, -0.15) is 0 Å². The van der Waals surface area contributed by atoms with Crippen molar-refractivity contribution in [3.63, 3.8) is 0 Å². The molecule has 0 bridgehead atoms. The Balaban J connectivity index is 2.27. The van der Waals surface area contributed by atoms with Gasteiger partial charge >= 0.3 is 0 Å². The highest BCUT2D eigenvalue weighted by Crippen LogP contribution is 2.28. The molecule has 0 atom stereocenters. The molecule has 0 saturated carbocycles. The second kappa shape index (κ2) is 6.24. The Morgan fingerprint density at radius 3 is 2.70 bits per heavy atom. The molecule has 0 fully saturated rings. The predicted molar refractivity (Wildman–Crippen MR) is 80.1 cm³/mol. The summed E-state index contributed by atoms with van der Waals surface area (Å²) in [5.74, 6) is -0.651. The molecule has 2 aromatic rings. The number of benzene rings is 2. The molecule has 0 aliphatic heterocycles. The van der Waals surface area contributed by atoms with Crippen LogP contribution in [0.3, 0.4) is 0 Å². The summed E-state index contributed by atoms with van der Waals surface area (Å²) in [5, 5.41) is 2.85. The number of hydrogen-bond donors (Lipinski definition) is 1. The molecule has 0 spiro atoms. The summed E-state index contributed by atoms with van der Waals surface area (Å²) in [6.07, 6.45) is 0. The van der Waals surface area contributed by atoms with Crippen molar-refractivity contribution in [3.05, 3.63) is 57.3 Å². The third kappa shape index (κ3) is 3.29. The van der Waals surface area contributed by atoms with E-state index in [-0.39, 0.29) is 10.6 Å². The second-order valence-electron chi connectivity index (χ2n) is 3.92. The Morgan fingerprint density at radius 1 is 1.30 bits per heavy atom. The van der Waals surface area contributed by atoms with Gasteiger partial charge in [0.1, 0.15) is 11.6 Å². The van der Waals surface area contributed by atoms with Gasteiger partial charge in [-0.15, -0.1) is 0 Å². The summed E-state index contributed by atoms with van der Waals surface area (Å²) in [5.41, 5.74) is 0.410. The largest absolute Gasteiger partial charge is 0.497 e. The number of ether oxygens (including phenoxy) is 1. The Labute approximate surface area is 128 Å². The number of nitrogens with one attached hydrogen (secondary N) is 1. The van der Waals surface area contributed by atoms with Gasteiger partial charge < -0.3 is 10.1 Å². The Kier molecular flexibility index (Phi) is 4.62. The fourth-order valence-corrected chi connectivity index (χ4v) is 2.09. The number of amides is 1. The zero-order chi connectivity index (χ0) is 14.7. The number of carbonyl (C=O) groups excluding carboxylic acids is 1. The maximum Gasteiger partial charge on any atom is 0.258 e. The molecule has 104 valence electrons. The predicted octanol–water partition coefficient (Wildman–Crippen LogP) is 4.50. The van der Waals surface area contributed by atoms with Crippen molar-refractivity contribution < 1.29 is 13.9 Å². The third-order valence-electron chi connectivity index (χ3n) is 2.60. The van der Waals surface area contributed by atoms with Crippen molar-refractivity contribution in [3.8, 4) is 5.75 Å². The molecule has 2 aromatic carbocycles. The molecule has 0 radical (unpaired) electrons. The summed E-state index contributed by atoms with van der Waals surface area (Å²) >= 11 is 8.96. The van der Waals surface area contributed by atoms with Gasteiger partial charge in [-0.05, 0) is 46.3 Å². The molecule has 6 heteroatoms. The van der Waals surface area contributed by atoms with Crippen LogP contribution in [-0.2, 0) is 0 Å². The first-order valence-corrected chi connectivity index (χ1v) is 6.78. The van der Waals surface area contributed by atoms with E-state index in [0.29, 0.717) is 15.9 Å². The van der Waals surface area contributed by atoms with E-state index in [0.717, 1.165) is 6.07 Å². The number of carbonyl (C=O) groups is 1. The van der Waals surface area contributed by atoms with E-state index in [1.54, 1.807) is 18.2 Å². The molecule has 3 nitrogen and oxygen atoms in total. The number of hydrogen-bond acceptors (Lipinski definition) is 2. The van der Waals surface area contributed by atoms with Crippen LogP contribution < -0.4 is 10.1 Å². The lowest BCUT2D eigenvalue weighted by Gasteiger charge is -2.10. The average Bonchev–Trinajstić information content (AvgIpc) is 2.41. The lowest BCUT2D eigenvalue weighted by Crippen LogP contribution is -2.14. The lowest BCUT2D eigenvalue weighted by molar-refractivity contribution is 0.102. The summed E-state index contributed by atoms with van der Waals surface area (Å²) in [7, 11) is 1.52. The zero-order valence-electron chi connectivity index (χ0n) is 10.4. The minimum Gasteiger partial charge on any atom is -0.497 e. The maximum absolute atomic E-state index is 13.7. The zero-order valence-corrected chi connectivity index (χ0v) is 12.8. The summed E-state index contributed by atoms with van der Waals surface area (Å²) in [6, 6.07) is 8.99. The molecule has 0 saturated heterocycles. The maximum atomic E-state index is 13.7. The highest BCUT2D eigenvalue weighted by molar-refractivity contribution is 9.10. The molecule has 2 rings (SSSR count). The molecule has 1 amide bonds. The average molecular weight is 359 g/mol. The van der Waals surface area contributed by atoms with E-state index in [9.17, 15) is 9.18 Å². The number of halogens is 3. The van der Waals surface area contributed by atoms with Gasteiger partial charge in [0, 0.05) is 15.6 Å². The Bertz CT molecular complexity index is 664. The van der Waals surface area contributed by atoms with Crippen molar-refractivity contribution in [2.24, 2.45) is 0 Å². The minimum absolute atomic E-state index is 0.0795. The van der Waals surface area contributed by atoms with E-state index in [2.05, 4.69) is 21.2 Å². The number of methoxy groups -OCH3 is 1. The van der Waals surface area contributed by atoms with E-state index in [1.165, 1.54) is 19.2 Å². The van der Waals surface area contributed by atoms with Crippen LogP contribution in [0.4, 0.5) is 10.1 Å². The fraction of sp³-hybridized carbons (Fsp3) is 0.0714. The summed E-state index contributed by atoms with van der Waals surface area (Å²) in [6.45, 7) is 0. The summed E-state index contributed by atoms with van der Waals surface area (Å²) < 4.78 is 19.4. The van der Waals surface area contributed by atoms with E-state index in [1.807, 2.05) is 0 Å². The van der Waals surface area contributed by atoms with Crippen LogP contribution in [0.1, 0.15) is 10.4 Å². The van der Waals surface area contributed by atoms with Crippen LogP contribution in [0, 0.1) is 5.82 Å². The standard InChI is InChI=1S/C14H10BrClFNO2/c1-20-9-3-5-11(15)13(7-9)18-14(19)10-4-2-8(16)6-12(10)17/h2-7H,1H3,(H,18,19). The first-order chi connectivity index (χ1) is 9.51. The van der Waals surface area contributed by atoms with Crippen molar-refractivity contribution >= 4 is 39.1 Å². The monoisotopic (exact) mass is 357 g/mol. The quantitative estimate of drug-likeness (QED) is 0.877. The summed E-state index contributed by atoms with van der Waals surface area (Å²) in [4.78, 5) is 12.0. The van der Waals surface area contributed by atoms with Gasteiger partial charge in [0.25, 0.3) is 5.91 Å². The highest BCUT2D eigenvalue weighted by atomic mass is 79.9. The first kappa shape index (κ1) is 14.8.